The maximum atomic E-state index is 11.8. The Morgan fingerprint density at radius 1 is 1.33 bits per heavy atom. The van der Waals surface area contributed by atoms with Gasteiger partial charge in [-0.3, -0.25) is 4.79 Å². The number of nitrogens with one attached hydrogen (secondary N) is 1. The predicted octanol–water partition coefficient (Wildman–Crippen LogP) is 3.47. The lowest BCUT2D eigenvalue weighted by molar-refractivity contribution is -0.116. The van der Waals surface area contributed by atoms with Gasteiger partial charge in [0.05, 0.1) is 11.3 Å². The number of amides is 1. The minimum atomic E-state index is 0.0181. The summed E-state index contributed by atoms with van der Waals surface area (Å²) in [5, 5.41) is 11.8. The van der Waals surface area contributed by atoms with Crippen molar-refractivity contribution in [2.75, 3.05) is 5.32 Å². The van der Waals surface area contributed by atoms with E-state index in [9.17, 15) is 4.79 Å². The van der Waals surface area contributed by atoms with E-state index in [1.807, 2.05) is 6.07 Å². The van der Waals surface area contributed by atoms with Crippen LogP contribution in [0.15, 0.2) is 24.3 Å². The SMILES string of the molecule is N#Cc1ccccc1NC(=O)CCC1CCCC1. The van der Waals surface area contributed by atoms with E-state index in [-0.39, 0.29) is 5.91 Å². The molecule has 0 saturated heterocycles. The van der Waals surface area contributed by atoms with Gasteiger partial charge < -0.3 is 5.32 Å². The molecule has 18 heavy (non-hydrogen) atoms. The van der Waals surface area contributed by atoms with Gasteiger partial charge in [0.2, 0.25) is 5.91 Å². The lowest BCUT2D eigenvalue weighted by Gasteiger charge is -2.09. The molecule has 1 N–H and O–H groups in total. The summed E-state index contributed by atoms with van der Waals surface area (Å²) in [5.41, 5.74) is 1.14. The van der Waals surface area contributed by atoms with Crippen molar-refractivity contribution in [3.05, 3.63) is 29.8 Å². The molecule has 0 spiro atoms. The van der Waals surface area contributed by atoms with E-state index in [4.69, 9.17) is 5.26 Å². The van der Waals surface area contributed by atoms with Gasteiger partial charge in [0.15, 0.2) is 0 Å². The fraction of sp³-hybridized carbons (Fsp3) is 0.467. The molecule has 1 amide bonds. The third-order valence-electron chi connectivity index (χ3n) is 3.58. The molecule has 0 heterocycles. The number of para-hydroxylation sites is 1. The average Bonchev–Trinajstić information content (AvgIpc) is 2.90. The van der Waals surface area contributed by atoms with E-state index in [1.165, 1.54) is 25.7 Å². The van der Waals surface area contributed by atoms with Crippen molar-refractivity contribution in [2.45, 2.75) is 38.5 Å². The van der Waals surface area contributed by atoms with E-state index < -0.39 is 0 Å². The zero-order chi connectivity index (χ0) is 12.8. The highest BCUT2D eigenvalue weighted by atomic mass is 16.1. The molecule has 0 aromatic heterocycles. The summed E-state index contributed by atoms with van der Waals surface area (Å²) in [6.07, 6.45) is 6.68. The Bertz CT molecular complexity index is 456. The Labute approximate surface area is 108 Å². The molecule has 0 radical (unpaired) electrons. The first kappa shape index (κ1) is 12.6. The smallest absolute Gasteiger partial charge is 0.224 e. The lowest BCUT2D eigenvalue weighted by Crippen LogP contribution is -2.13. The monoisotopic (exact) mass is 242 g/mol. The van der Waals surface area contributed by atoms with Gasteiger partial charge in [-0.1, -0.05) is 37.8 Å². The van der Waals surface area contributed by atoms with E-state index in [0.717, 1.165) is 12.3 Å². The van der Waals surface area contributed by atoms with Gasteiger partial charge >= 0.3 is 0 Å². The molecule has 0 bridgehead atoms. The molecule has 0 unspecified atom stereocenters. The summed E-state index contributed by atoms with van der Waals surface area (Å²) in [5.74, 6) is 0.742. The molecule has 0 aliphatic heterocycles. The number of rotatable bonds is 4. The van der Waals surface area contributed by atoms with Crippen LogP contribution in [0.5, 0.6) is 0 Å². The van der Waals surface area contributed by atoms with Crippen molar-refractivity contribution >= 4 is 11.6 Å². The fourth-order valence-electron chi connectivity index (χ4n) is 2.54. The number of benzene rings is 1. The molecule has 2 rings (SSSR count). The molecule has 1 aromatic rings. The van der Waals surface area contributed by atoms with Crippen LogP contribution in [0, 0.1) is 17.2 Å². The largest absolute Gasteiger partial charge is 0.325 e. The Balaban J connectivity index is 1.85. The zero-order valence-electron chi connectivity index (χ0n) is 10.5. The Kier molecular flexibility index (Phi) is 4.35. The normalized spacial score (nSPS) is 15.3. The van der Waals surface area contributed by atoms with E-state index in [1.54, 1.807) is 18.2 Å². The van der Waals surface area contributed by atoms with Gasteiger partial charge in [-0.2, -0.15) is 5.26 Å². The van der Waals surface area contributed by atoms with Crippen LogP contribution >= 0.6 is 0 Å². The van der Waals surface area contributed by atoms with E-state index in [2.05, 4.69) is 11.4 Å². The van der Waals surface area contributed by atoms with Crippen molar-refractivity contribution in [1.82, 2.24) is 0 Å². The van der Waals surface area contributed by atoms with E-state index in [0.29, 0.717) is 17.7 Å². The number of nitriles is 1. The maximum absolute atomic E-state index is 11.8. The van der Waals surface area contributed by atoms with Gasteiger partial charge in [0.1, 0.15) is 6.07 Å². The molecule has 0 atom stereocenters. The predicted molar refractivity (Wildman–Crippen MR) is 71.0 cm³/mol. The summed E-state index contributed by atoms with van der Waals surface area (Å²) in [7, 11) is 0. The second-order valence-electron chi connectivity index (χ2n) is 4.89. The number of nitrogens with zero attached hydrogens (tertiary/aromatic N) is 1. The summed E-state index contributed by atoms with van der Waals surface area (Å²) in [6.45, 7) is 0. The molecule has 1 fully saturated rings. The molecule has 1 saturated carbocycles. The van der Waals surface area contributed by atoms with Gasteiger partial charge in [0.25, 0.3) is 0 Å². The maximum Gasteiger partial charge on any atom is 0.224 e. The van der Waals surface area contributed by atoms with Crippen molar-refractivity contribution in [3.8, 4) is 6.07 Å². The molecular formula is C15H18N2O. The Hall–Kier alpha value is -1.82. The summed E-state index contributed by atoms with van der Waals surface area (Å²) >= 11 is 0. The van der Waals surface area contributed by atoms with Gasteiger partial charge in [-0.15, -0.1) is 0 Å². The van der Waals surface area contributed by atoms with Crippen LogP contribution in [0.4, 0.5) is 5.69 Å². The highest BCUT2D eigenvalue weighted by Gasteiger charge is 2.16. The van der Waals surface area contributed by atoms with Crippen LogP contribution in [0.3, 0.4) is 0 Å². The molecular weight excluding hydrogens is 224 g/mol. The average molecular weight is 242 g/mol. The number of carbonyl (C=O) groups excluding carboxylic acids is 1. The minimum absolute atomic E-state index is 0.0181. The first-order valence-corrected chi connectivity index (χ1v) is 6.58. The second kappa shape index (κ2) is 6.20. The summed E-state index contributed by atoms with van der Waals surface area (Å²) in [6, 6.07) is 9.19. The molecule has 3 nitrogen and oxygen atoms in total. The minimum Gasteiger partial charge on any atom is -0.325 e. The van der Waals surface area contributed by atoms with Gasteiger partial charge in [-0.25, -0.2) is 0 Å². The Morgan fingerprint density at radius 2 is 2.06 bits per heavy atom. The Morgan fingerprint density at radius 3 is 2.78 bits per heavy atom. The number of carbonyl (C=O) groups is 1. The standard InChI is InChI=1S/C15H18N2O/c16-11-13-7-3-4-8-14(13)17-15(18)10-9-12-5-1-2-6-12/h3-4,7-8,12H,1-2,5-6,9-10H2,(H,17,18). The highest BCUT2D eigenvalue weighted by Crippen LogP contribution is 2.28. The first-order chi connectivity index (χ1) is 8.79. The number of anilines is 1. The third-order valence-corrected chi connectivity index (χ3v) is 3.58. The second-order valence-corrected chi connectivity index (χ2v) is 4.89. The molecule has 94 valence electrons. The molecule has 3 heteroatoms. The van der Waals surface area contributed by atoms with Crippen molar-refractivity contribution in [1.29, 1.82) is 5.26 Å². The van der Waals surface area contributed by atoms with Crippen LogP contribution < -0.4 is 5.32 Å². The van der Waals surface area contributed by atoms with Crippen LogP contribution in [-0.2, 0) is 4.79 Å². The quantitative estimate of drug-likeness (QED) is 0.879. The van der Waals surface area contributed by atoms with Crippen LogP contribution in [0.2, 0.25) is 0 Å². The third kappa shape index (κ3) is 3.33. The van der Waals surface area contributed by atoms with Crippen molar-refractivity contribution in [3.63, 3.8) is 0 Å². The van der Waals surface area contributed by atoms with Crippen LogP contribution in [-0.4, -0.2) is 5.91 Å². The van der Waals surface area contributed by atoms with Gasteiger partial charge in [0, 0.05) is 6.42 Å². The number of hydrogen-bond acceptors (Lipinski definition) is 2. The van der Waals surface area contributed by atoms with Crippen molar-refractivity contribution < 1.29 is 4.79 Å². The lowest BCUT2D eigenvalue weighted by atomic mass is 10.0. The summed E-state index contributed by atoms with van der Waals surface area (Å²) in [4.78, 5) is 11.8. The van der Waals surface area contributed by atoms with Crippen molar-refractivity contribution in [2.24, 2.45) is 5.92 Å². The number of hydrogen-bond donors (Lipinski definition) is 1. The summed E-state index contributed by atoms with van der Waals surface area (Å²) < 4.78 is 0. The highest BCUT2D eigenvalue weighted by molar-refractivity contribution is 5.92. The van der Waals surface area contributed by atoms with Crippen LogP contribution in [0.25, 0.3) is 0 Å². The fourth-order valence-corrected chi connectivity index (χ4v) is 2.54. The zero-order valence-corrected chi connectivity index (χ0v) is 10.5. The topological polar surface area (TPSA) is 52.9 Å². The van der Waals surface area contributed by atoms with E-state index >= 15 is 0 Å². The first-order valence-electron chi connectivity index (χ1n) is 6.58. The van der Waals surface area contributed by atoms with Crippen LogP contribution in [0.1, 0.15) is 44.1 Å². The van der Waals surface area contributed by atoms with Gasteiger partial charge in [-0.05, 0) is 24.5 Å². The molecule has 1 aliphatic carbocycles. The molecule has 1 aromatic carbocycles. The molecule has 1 aliphatic rings.